The molecule has 1 aromatic rings. The summed E-state index contributed by atoms with van der Waals surface area (Å²) in [5, 5.41) is 8.99. The van der Waals surface area contributed by atoms with Crippen LogP contribution >= 0.6 is 0 Å². The van der Waals surface area contributed by atoms with Gasteiger partial charge in [-0.25, -0.2) is 8.78 Å². The number of hydrogen-bond acceptors (Lipinski definition) is 2. The maximum absolute atomic E-state index is 13.9. The third-order valence-electron chi connectivity index (χ3n) is 4.03. The Morgan fingerprint density at radius 2 is 2.05 bits per heavy atom. The first-order valence-corrected chi connectivity index (χ1v) is 6.94. The third kappa shape index (κ3) is 3.15. The maximum Gasteiger partial charge on any atom is 0.306 e. The standard InChI is InChI=1S/C15H19F2NO2/c1-2-14(12-4-3-11(16)9-13(12)17)18-7-5-10(6-8-18)15(19)20/h3-4,9-10,14H,2,5-8H2,1H3,(H,19,20). The molecule has 5 heteroatoms. The lowest BCUT2D eigenvalue weighted by atomic mass is 9.93. The van der Waals surface area contributed by atoms with Gasteiger partial charge < -0.3 is 5.11 Å². The van der Waals surface area contributed by atoms with Gasteiger partial charge in [-0.05, 0) is 38.4 Å². The minimum absolute atomic E-state index is 0.120. The lowest BCUT2D eigenvalue weighted by Gasteiger charge is -2.36. The van der Waals surface area contributed by atoms with E-state index in [-0.39, 0.29) is 12.0 Å². The second kappa shape index (κ2) is 6.31. The molecular formula is C15H19F2NO2. The highest BCUT2D eigenvalue weighted by molar-refractivity contribution is 5.70. The van der Waals surface area contributed by atoms with Gasteiger partial charge in [-0.15, -0.1) is 0 Å². The first-order chi connectivity index (χ1) is 9.52. The van der Waals surface area contributed by atoms with Crippen LogP contribution in [0.5, 0.6) is 0 Å². The minimum Gasteiger partial charge on any atom is -0.481 e. The molecule has 110 valence electrons. The van der Waals surface area contributed by atoms with Crippen molar-refractivity contribution >= 4 is 5.97 Å². The summed E-state index contributed by atoms with van der Waals surface area (Å²) < 4.78 is 26.9. The van der Waals surface area contributed by atoms with E-state index in [1.807, 2.05) is 6.92 Å². The smallest absolute Gasteiger partial charge is 0.306 e. The average Bonchev–Trinajstić information content (AvgIpc) is 2.42. The maximum atomic E-state index is 13.9. The number of hydrogen-bond donors (Lipinski definition) is 1. The van der Waals surface area contributed by atoms with Gasteiger partial charge in [-0.2, -0.15) is 0 Å². The molecule has 1 saturated heterocycles. The Hall–Kier alpha value is -1.49. The van der Waals surface area contributed by atoms with Gasteiger partial charge in [0.15, 0.2) is 0 Å². The number of aliphatic carboxylic acids is 1. The second-order valence-corrected chi connectivity index (χ2v) is 5.24. The van der Waals surface area contributed by atoms with Crippen molar-refractivity contribution in [2.45, 2.75) is 32.2 Å². The summed E-state index contributed by atoms with van der Waals surface area (Å²) in [6.07, 6.45) is 1.86. The molecule has 1 unspecified atom stereocenters. The van der Waals surface area contributed by atoms with Crippen molar-refractivity contribution in [2.24, 2.45) is 5.92 Å². The molecule has 3 nitrogen and oxygen atoms in total. The molecule has 1 aliphatic rings. The van der Waals surface area contributed by atoms with Crippen molar-refractivity contribution < 1.29 is 18.7 Å². The predicted molar refractivity (Wildman–Crippen MR) is 71.3 cm³/mol. The van der Waals surface area contributed by atoms with Crippen LogP contribution in [0.4, 0.5) is 8.78 Å². The molecule has 2 rings (SSSR count). The number of nitrogens with zero attached hydrogens (tertiary/aromatic N) is 1. The molecule has 0 aliphatic carbocycles. The molecule has 20 heavy (non-hydrogen) atoms. The van der Waals surface area contributed by atoms with Crippen molar-refractivity contribution in [1.82, 2.24) is 4.90 Å². The predicted octanol–water partition coefficient (Wildman–Crippen LogP) is 3.21. The first kappa shape index (κ1) is 14.9. The summed E-state index contributed by atoms with van der Waals surface area (Å²) in [4.78, 5) is 13.0. The zero-order valence-corrected chi connectivity index (χ0v) is 11.5. The average molecular weight is 283 g/mol. The Morgan fingerprint density at radius 3 is 2.55 bits per heavy atom. The van der Waals surface area contributed by atoms with Gasteiger partial charge in [0.1, 0.15) is 11.6 Å². The summed E-state index contributed by atoms with van der Waals surface area (Å²) in [6, 6.07) is 3.54. The van der Waals surface area contributed by atoms with E-state index >= 15 is 0 Å². The van der Waals surface area contributed by atoms with Gasteiger partial charge in [-0.3, -0.25) is 9.69 Å². The molecule has 0 aromatic heterocycles. The van der Waals surface area contributed by atoms with E-state index in [4.69, 9.17) is 5.11 Å². The van der Waals surface area contributed by atoms with Crippen molar-refractivity contribution in [3.8, 4) is 0 Å². The van der Waals surface area contributed by atoms with Crippen LogP contribution in [-0.4, -0.2) is 29.1 Å². The first-order valence-electron chi connectivity index (χ1n) is 6.94. The van der Waals surface area contributed by atoms with Gasteiger partial charge >= 0.3 is 5.97 Å². The number of carboxylic acid groups (broad SMARTS) is 1. The molecule has 0 spiro atoms. The summed E-state index contributed by atoms with van der Waals surface area (Å²) in [6.45, 7) is 3.22. The molecule has 1 fully saturated rings. The van der Waals surface area contributed by atoms with E-state index in [0.717, 1.165) is 6.07 Å². The molecule has 0 amide bonds. The number of carboxylic acids is 1. The Balaban J connectivity index is 2.11. The molecule has 1 aliphatic heterocycles. The number of carbonyl (C=O) groups is 1. The fourth-order valence-electron chi connectivity index (χ4n) is 2.90. The van der Waals surface area contributed by atoms with Crippen LogP contribution < -0.4 is 0 Å². The largest absolute Gasteiger partial charge is 0.481 e. The number of likely N-dealkylation sites (tertiary alicyclic amines) is 1. The summed E-state index contributed by atoms with van der Waals surface area (Å²) in [5.41, 5.74) is 0.489. The molecule has 1 N–H and O–H groups in total. The van der Waals surface area contributed by atoms with Gasteiger partial charge in [0.05, 0.1) is 5.92 Å². The summed E-state index contributed by atoms with van der Waals surface area (Å²) >= 11 is 0. The number of piperidine rings is 1. The summed E-state index contributed by atoms with van der Waals surface area (Å²) in [7, 11) is 0. The zero-order valence-electron chi connectivity index (χ0n) is 11.5. The van der Waals surface area contributed by atoms with E-state index in [9.17, 15) is 13.6 Å². The van der Waals surface area contributed by atoms with Crippen molar-refractivity contribution in [3.63, 3.8) is 0 Å². The Labute approximate surface area is 117 Å². The fourth-order valence-corrected chi connectivity index (χ4v) is 2.90. The SMILES string of the molecule is CCC(c1ccc(F)cc1F)N1CCC(C(=O)O)CC1. The van der Waals surface area contributed by atoms with E-state index in [1.54, 1.807) is 0 Å². The number of halogens is 2. The molecule has 1 aromatic carbocycles. The summed E-state index contributed by atoms with van der Waals surface area (Å²) in [5.74, 6) is -2.17. The van der Waals surface area contributed by atoms with Gasteiger partial charge in [-0.1, -0.05) is 13.0 Å². The van der Waals surface area contributed by atoms with Gasteiger partial charge in [0.2, 0.25) is 0 Å². The third-order valence-corrected chi connectivity index (χ3v) is 4.03. The zero-order chi connectivity index (χ0) is 14.7. The van der Waals surface area contributed by atoms with Crippen LogP contribution in [0.25, 0.3) is 0 Å². The quantitative estimate of drug-likeness (QED) is 0.922. The van der Waals surface area contributed by atoms with Crippen LogP contribution in [0.3, 0.4) is 0 Å². The molecule has 0 saturated carbocycles. The Morgan fingerprint density at radius 1 is 1.40 bits per heavy atom. The van der Waals surface area contributed by atoms with Crippen molar-refractivity contribution in [2.75, 3.05) is 13.1 Å². The Kier molecular flexibility index (Phi) is 4.70. The highest BCUT2D eigenvalue weighted by atomic mass is 19.1. The number of benzene rings is 1. The normalized spacial score (nSPS) is 18.9. The Bertz CT molecular complexity index is 485. The monoisotopic (exact) mass is 283 g/mol. The molecule has 1 heterocycles. The van der Waals surface area contributed by atoms with E-state index in [2.05, 4.69) is 4.90 Å². The fraction of sp³-hybridized carbons (Fsp3) is 0.533. The van der Waals surface area contributed by atoms with Crippen LogP contribution in [0.2, 0.25) is 0 Å². The molecular weight excluding hydrogens is 264 g/mol. The minimum atomic E-state index is -0.759. The molecule has 1 atom stereocenters. The van der Waals surface area contributed by atoms with Crippen LogP contribution in [-0.2, 0) is 4.79 Å². The lowest BCUT2D eigenvalue weighted by Crippen LogP contribution is -2.38. The van der Waals surface area contributed by atoms with Crippen LogP contribution in [0, 0.1) is 17.6 Å². The van der Waals surface area contributed by atoms with Gasteiger partial charge in [0.25, 0.3) is 0 Å². The van der Waals surface area contributed by atoms with E-state index in [0.29, 0.717) is 37.9 Å². The van der Waals surface area contributed by atoms with E-state index in [1.165, 1.54) is 12.1 Å². The second-order valence-electron chi connectivity index (χ2n) is 5.24. The lowest BCUT2D eigenvalue weighted by molar-refractivity contribution is -0.143. The highest BCUT2D eigenvalue weighted by Crippen LogP contribution is 2.31. The van der Waals surface area contributed by atoms with Crippen LogP contribution in [0.1, 0.15) is 37.8 Å². The van der Waals surface area contributed by atoms with Crippen molar-refractivity contribution in [3.05, 3.63) is 35.4 Å². The van der Waals surface area contributed by atoms with Crippen molar-refractivity contribution in [1.29, 1.82) is 0 Å². The van der Waals surface area contributed by atoms with Crippen LogP contribution in [0.15, 0.2) is 18.2 Å². The molecule has 0 radical (unpaired) electrons. The highest BCUT2D eigenvalue weighted by Gasteiger charge is 2.29. The molecule has 0 bridgehead atoms. The topological polar surface area (TPSA) is 40.5 Å². The van der Waals surface area contributed by atoms with E-state index < -0.39 is 17.6 Å². The van der Waals surface area contributed by atoms with Gasteiger partial charge in [0, 0.05) is 17.7 Å². The number of rotatable bonds is 4.